The van der Waals surface area contributed by atoms with Gasteiger partial charge in [-0.2, -0.15) is 0 Å². The number of likely N-dealkylation sites (tertiary alicyclic amines) is 2. The SMILES string of the molecule is [C-]#[N+]c1ccc(N2C[C@@H](C)O[C@@H](C(=O)C[C@@H]3CN(C(=O)OC(C)(C)C)CC[C@@H]3F)C2)c2cccnc12.[C-]#[N+]c1ccc(N2C[C@@H](C)O[C@@H](C(=O)N(C)[C@@H]3CN(C(=O)OC(C)(C)C)CC[C@@H]3F)C2)c2cccnc12.[C-]#[N+]c1ccc(N2C[C@@H](C)O[C@@H](C(=O)N(C)[C@@H]3CNCC[C@@H]3F)C2)c2cccnc12. The van der Waals surface area contributed by atoms with Gasteiger partial charge >= 0.3 is 12.2 Å². The van der Waals surface area contributed by atoms with E-state index >= 15 is 4.39 Å². The molecule has 24 nitrogen and oxygen atoms in total. The molecule has 0 unspecified atom stereocenters. The Bertz CT molecular complexity index is 4200. The molecule has 4 amide bonds. The van der Waals surface area contributed by atoms with Crippen LogP contribution in [0.15, 0.2) is 91.4 Å². The minimum absolute atomic E-state index is 0.00927. The van der Waals surface area contributed by atoms with Crippen LogP contribution in [0, 0.1) is 25.6 Å². The molecule has 27 heteroatoms. The summed E-state index contributed by atoms with van der Waals surface area (Å²) < 4.78 is 73.0. The summed E-state index contributed by atoms with van der Waals surface area (Å²) in [6.45, 7) is 43.2. The van der Waals surface area contributed by atoms with Crippen molar-refractivity contribution in [3.8, 4) is 0 Å². The predicted octanol–water partition coefficient (Wildman–Crippen LogP) is 11.7. The first-order valence-electron chi connectivity index (χ1n) is 35.1. The van der Waals surface area contributed by atoms with E-state index in [-0.39, 0.29) is 87.9 Å². The number of nitrogens with zero attached hydrogens (tertiary/aromatic N) is 13. The number of piperidine rings is 3. The number of fused-ring (bicyclic) bond motifs is 3. The smallest absolute Gasteiger partial charge is 0.410 e. The minimum atomic E-state index is -1.26. The minimum Gasteiger partial charge on any atom is -0.444 e. The second kappa shape index (κ2) is 32.9. The molecule has 3 aromatic carbocycles. The van der Waals surface area contributed by atoms with Gasteiger partial charge in [-0.05, 0) is 125 Å². The maximum absolute atomic E-state index is 15.0. The van der Waals surface area contributed by atoms with Gasteiger partial charge in [0.25, 0.3) is 11.8 Å². The Balaban J connectivity index is 0.000000167. The summed E-state index contributed by atoms with van der Waals surface area (Å²) in [6, 6.07) is 20.9. The Kier molecular flexibility index (Phi) is 24.3. The molecule has 548 valence electrons. The number of carbonyl (C=O) groups is 5. The molecule has 12 rings (SSSR count). The molecule has 0 saturated carbocycles. The molecule has 0 bridgehead atoms. The van der Waals surface area contributed by atoms with E-state index in [4.69, 9.17) is 43.4 Å². The lowest BCUT2D eigenvalue weighted by molar-refractivity contribution is -0.151. The number of Topliss-reactive ketones (excluding diaryl/α,β-unsaturated/α-hetero) is 1. The van der Waals surface area contributed by atoms with Gasteiger partial charge < -0.3 is 63.3 Å². The van der Waals surface area contributed by atoms with Crippen molar-refractivity contribution in [1.82, 2.24) is 39.9 Å². The zero-order chi connectivity index (χ0) is 74.2. The number of nitrogens with one attached hydrogen (secondary N) is 1. The van der Waals surface area contributed by atoms with Gasteiger partial charge in [-0.3, -0.25) is 29.3 Å². The van der Waals surface area contributed by atoms with Gasteiger partial charge in [-0.25, -0.2) is 37.3 Å². The summed E-state index contributed by atoms with van der Waals surface area (Å²) in [5, 5.41) is 5.71. The summed E-state index contributed by atoms with van der Waals surface area (Å²) in [7, 11) is 3.22. The highest BCUT2D eigenvalue weighted by atomic mass is 19.1. The molecule has 0 spiro atoms. The highest BCUT2D eigenvalue weighted by molar-refractivity contribution is 6.02. The van der Waals surface area contributed by atoms with Crippen molar-refractivity contribution < 1.29 is 60.8 Å². The van der Waals surface area contributed by atoms with E-state index in [9.17, 15) is 32.8 Å². The molecule has 0 aliphatic carbocycles. The Morgan fingerprint density at radius 1 is 0.524 bits per heavy atom. The van der Waals surface area contributed by atoms with Gasteiger partial charge in [-0.1, -0.05) is 36.4 Å². The number of amides is 4. The number of morpholine rings is 3. The van der Waals surface area contributed by atoms with Crippen LogP contribution in [0.4, 0.5) is 56.9 Å². The van der Waals surface area contributed by atoms with Crippen LogP contribution in [-0.4, -0.2) is 235 Å². The zero-order valence-electron chi connectivity index (χ0n) is 60.4. The average Bonchev–Trinajstić information content (AvgIpc) is 0.788. The normalized spacial score (nSPS) is 25.3. The van der Waals surface area contributed by atoms with Gasteiger partial charge in [0.15, 0.2) is 18.0 Å². The Labute approximate surface area is 600 Å². The monoisotopic (exact) mass is 1420 g/mol. The Morgan fingerprint density at radius 3 is 1.31 bits per heavy atom. The third kappa shape index (κ3) is 18.3. The predicted molar refractivity (Wildman–Crippen MR) is 387 cm³/mol. The van der Waals surface area contributed by atoms with Gasteiger partial charge in [0.1, 0.15) is 35.8 Å². The number of ketones is 1. The standard InChI is InChI=1S/C27H34FN5O4.C27H33FN4O4.C22H26FN5O2/c1-17-14-33(21-10-9-20(29-5)24-18(21)8-7-12-30-24)16-23(36-17)25(34)31(6)22-15-32(13-11-19(22)28)26(35)37-27(2,3)4;1-17-14-32(22-9-8-21(29-5)25-19(22)7-6-11-30-25)16-24(35-17)23(33)13-18-15-31(12-10-20(18)28)26(34)36-27(2,3)4;1-14-12-28(18-7-6-17(24-2)21-15(18)5-4-9-26-21)13-20(30-14)22(29)27(3)19-11-25-10-8-16(19)23/h7-10,12,17,19,22-23H,11,13-16H2,1-4,6H3;6-9,11,17-18,20,24H,10,12-16H2,1-4H3;4-7,9,14,16,19-20,25H,8,10-13H2,1,3H3/t17-,19+,22-,23-;17-,18-,20+,24-;14-,16+,19-,20-/m111/s1. The van der Waals surface area contributed by atoms with Crippen LogP contribution in [0.5, 0.6) is 0 Å². The molecular weight excluding hydrogens is 1330 g/mol. The fraction of sp³-hybridized carbons (Fsp3) is 0.539. The van der Waals surface area contributed by atoms with E-state index in [0.29, 0.717) is 85.8 Å². The summed E-state index contributed by atoms with van der Waals surface area (Å²) >= 11 is 0. The number of hydrogen-bond donors (Lipinski definition) is 1. The van der Waals surface area contributed by atoms with Crippen molar-refractivity contribution in [2.24, 2.45) is 5.92 Å². The van der Waals surface area contributed by atoms with Crippen molar-refractivity contribution >= 4 is 96.6 Å². The molecule has 6 fully saturated rings. The van der Waals surface area contributed by atoms with Gasteiger partial charge in [0.2, 0.25) is 17.1 Å². The molecule has 103 heavy (non-hydrogen) atoms. The number of halogens is 3. The average molecular weight is 1420 g/mol. The molecule has 6 aromatic rings. The summed E-state index contributed by atoms with van der Waals surface area (Å²) in [5.41, 5.74) is 4.69. The number of pyridine rings is 3. The van der Waals surface area contributed by atoms with E-state index in [1.807, 2.05) is 75.4 Å². The zero-order valence-corrected chi connectivity index (χ0v) is 60.4. The van der Waals surface area contributed by atoms with Gasteiger partial charge in [0, 0.05) is 131 Å². The van der Waals surface area contributed by atoms with Crippen molar-refractivity contribution in [3.63, 3.8) is 0 Å². The first kappa shape index (κ1) is 76.2. The van der Waals surface area contributed by atoms with E-state index in [0.717, 1.165) is 33.2 Å². The Hall–Kier alpha value is -9.46. The molecule has 0 radical (unpaired) electrons. The molecular formula is C76H93F3N14O10. The number of benzene rings is 3. The number of hydrogen-bond acceptors (Lipinski definition) is 17. The number of aromatic nitrogens is 3. The molecule has 3 aromatic heterocycles. The van der Waals surface area contributed by atoms with Crippen molar-refractivity contribution in [1.29, 1.82) is 0 Å². The first-order valence-corrected chi connectivity index (χ1v) is 35.1. The first-order chi connectivity index (χ1) is 49.0. The van der Waals surface area contributed by atoms with Crippen LogP contribution in [0.25, 0.3) is 47.2 Å². The molecule has 6 saturated heterocycles. The number of ether oxygens (including phenoxy) is 5. The maximum atomic E-state index is 15.0. The van der Waals surface area contributed by atoms with Crippen LogP contribution in [0.1, 0.15) is 88.0 Å². The second-order valence-electron chi connectivity index (χ2n) is 29.3. The molecule has 6 aliphatic heterocycles. The van der Waals surface area contributed by atoms with E-state index in [2.05, 4.69) is 49.5 Å². The van der Waals surface area contributed by atoms with Crippen molar-refractivity contribution in [2.75, 3.05) is 107 Å². The lowest BCUT2D eigenvalue weighted by atomic mass is 9.89. The number of likely N-dealkylation sites (N-methyl/N-ethyl adjacent to an activating group) is 2. The topological polar surface area (TPSA) is 218 Å². The lowest BCUT2D eigenvalue weighted by Crippen LogP contribution is -2.60. The number of alkyl halides is 3. The molecule has 6 aliphatic rings. The number of rotatable bonds is 10. The molecule has 12 atom stereocenters. The van der Waals surface area contributed by atoms with Gasteiger partial charge in [0.05, 0.1) is 86.3 Å². The summed E-state index contributed by atoms with van der Waals surface area (Å²) in [5.74, 6) is -1.32. The van der Waals surface area contributed by atoms with Crippen LogP contribution in [-0.2, 0) is 38.1 Å². The third-order valence-electron chi connectivity index (χ3n) is 19.2. The summed E-state index contributed by atoms with van der Waals surface area (Å²) in [6.07, 6.45) is -1.62. The van der Waals surface area contributed by atoms with E-state index < -0.39 is 78.2 Å². The largest absolute Gasteiger partial charge is 0.444 e. The van der Waals surface area contributed by atoms with Crippen molar-refractivity contribution in [2.45, 2.75) is 166 Å². The van der Waals surface area contributed by atoms with Crippen LogP contribution >= 0.6 is 0 Å². The summed E-state index contributed by atoms with van der Waals surface area (Å²) in [4.78, 5) is 101. The fourth-order valence-corrected chi connectivity index (χ4v) is 14.2. The second-order valence-corrected chi connectivity index (χ2v) is 29.3. The van der Waals surface area contributed by atoms with Crippen LogP contribution in [0.2, 0.25) is 0 Å². The lowest BCUT2D eigenvalue weighted by Gasteiger charge is -2.43. The molecule has 9 heterocycles. The quantitative estimate of drug-likeness (QED) is 0.126. The van der Waals surface area contributed by atoms with Gasteiger partial charge in [-0.15, -0.1) is 0 Å². The highest BCUT2D eigenvalue weighted by Crippen LogP contribution is 2.39. The van der Waals surface area contributed by atoms with Crippen molar-refractivity contribution in [3.05, 3.63) is 126 Å². The van der Waals surface area contributed by atoms with Crippen LogP contribution in [0.3, 0.4) is 0 Å². The highest BCUT2D eigenvalue weighted by Gasteiger charge is 2.44. The molecule has 1 N–H and O–H groups in total. The number of carbonyl (C=O) groups excluding carboxylic acids is 5. The third-order valence-corrected chi connectivity index (χ3v) is 19.2. The van der Waals surface area contributed by atoms with E-state index in [1.165, 1.54) is 19.6 Å². The Morgan fingerprint density at radius 2 is 0.903 bits per heavy atom. The van der Waals surface area contributed by atoms with Crippen LogP contribution < -0.4 is 20.0 Å². The van der Waals surface area contributed by atoms with E-state index in [1.54, 1.807) is 92.4 Å². The number of anilines is 3. The maximum Gasteiger partial charge on any atom is 0.410 e. The fourth-order valence-electron chi connectivity index (χ4n) is 14.2.